The largest absolute Gasteiger partial charge is 0.461 e. The number of carbonyl (C=O) groups excluding carboxylic acids is 1. The second-order valence-corrected chi connectivity index (χ2v) is 3.59. The molecule has 4 nitrogen and oxygen atoms in total. The number of hydrogen-bond acceptors (Lipinski definition) is 3. The molecule has 0 radical (unpaired) electrons. The van der Waals surface area contributed by atoms with Crippen molar-refractivity contribution in [2.45, 2.75) is 0 Å². The van der Waals surface area contributed by atoms with Crippen molar-refractivity contribution in [2.75, 3.05) is 13.2 Å². The van der Waals surface area contributed by atoms with Crippen molar-refractivity contribution >= 4 is 5.97 Å². The van der Waals surface area contributed by atoms with Crippen LogP contribution in [0.25, 0.3) is 11.3 Å². The van der Waals surface area contributed by atoms with Crippen molar-refractivity contribution in [2.24, 2.45) is 5.73 Å². The lowest BCUT2D eigenvalue weighted by Gasteiger charge is -1.99. The lowest BCUT2D eigenvalue weighted by molar-refractivity contribution is 0.0517. The van der Waals surface area contributed by atoms with Gasteiger partial charge in [-0.05, 0) is 11.6 Å². The molecule has 0 fully saturated rings. The SMILES string of the molecule is NCCOC(=O)c1c[nH]c(-c2ccccc2)c1. The van der Waals surface area contributed by atoms with Crippen LogP contribution in [-0.4, -0.2) is 24.1 Å². The van der Waals surface area contributed by atoms with Gasteiger partial charge in [0.15, 0.2) is 0 Å². The molecule has 17 heavy (non-hydrogen) atoms. The van der Waals surface area contributed by atoms with Gasteiger partial charge in [-0.2, -0.15) is 0 Å². The quantitative estimate of drug-likeness (QED) is 0.787. The molecule has 1 aromatic carbocycles. The maximum atomic E-state index is 11.6. The monoisotopic (exact) mass is 230 g/mol. The van der Waals surface area contributed by atoms with E-state index in [9.17, 15) is 4.79 Å². The van der Waals surface area contributed by atoms with Gasteiger partial charge in [-0.15, -0.1) is 0 Å². The van der Waals surface area contributed by atoms with Crippen molar-refractivity contribution < 1.29 is 9.53 Å². The highest BCUT2D eigenvalue weighted by Crippen LogP contribution is 2.18. The van der Waals surface area contributed by atoms with Crippen LogP contribution in [0, 0.1) is 0 Å². The summed E-state index contributed by atoms with van der Waals surface area (Å²) in [5.74, 6) is -0.353. The zero-order valence-electron chi connectivity index (χ0n) is 9.35. The second-order valence-electron chi connectivity index (χ2n) is 3.59. The number of hydrogen-bond donors (Lipinski definition) is 2. The van der Waals surface area contributed by atoms with Crippen molar-refractivity contribution in [1.82, 2.24) is 4.98 Å². The molecule has 0 bridgehead atoms. The number of esters is 1. The molecule has 4 heteroatoms. The molecule has 0 saturated carbocycles. The zero-order valence-corrected chi connectivity index (χ0v) is 9.35. The summed E-state index contributed by atoms with van der Waals surface area (Å²) in [6.07, 6.45) is 1.64. The summed E-state index contributed by atoms with van der Waals surface area (Å²) in [5, 5.41) is 0. The third kappa shape index (κ3) is 2.73. The average molecular weight is 230 g/mol. The van der Waals surface area contributed by atoms with Crippen LogP contribution in [0.5, 0.6) is 0 Å². The van der Waals surface area contributed by atoms with E-state index in [1.807, 2.05) is 30.3 Å². The maximum absolute atomic E-state index is 11.6. The molecule has 0 atom stereocenters. The number of nitrogens with one attached hydrogen (secondary N) is 1. The summed E-state index contributed by atoms with van der Waals surface area (Å²) in [4.78, 5) is 14.6. The van der Waals surface area contributed by atoms with Crippen molar-refractivity contribution in [3.8, 4) is 11.3 Å². The molecule has 0 unspecified atom stereocenters. The fraction of sp³-hybridized carbons (Fsp3) is 0.154. The highest BCUT2D eigenvalue weighted by Gasteiger charge is 2.09. The molecule has 1 aromatic heterocycles. The van der Waals surface area contributed by atoms with Crippen LogP contribution >= 0.6 is 0 Å². The summed E-state index contributed by atoms with van der Waals surface area (Å²) >= 11 is 0. The summed E-state index contributed by atoms with van der Waals surface area (Å²) in [5.41, 5.74) is 7.70. The minimum Gasteiger partial charge on any atom is -0.461 e. The number of carbonyl (C=O) groups is 1. The fourth-order valence-electron chi connectivity index (χ4n) is 1.53. The van der Waals surface area contributed by atoms with E-state index in [4.69, 9.17) is 10.5 Å². The Balaban J connectivity index is 2.14. The van der Waals surface area contributed by atoms with Gasteiger partial charge >= 0.3 is 5.97 Å². The van der Waals surface area contributed by atoms with E-state index in [0.29, 0.717) is 12.1 Å². The Labute approximate surface area is 99.4 Å². The summed E-state index contributed by atoms with van der Waals surface area (Å²) in [6.45, 7) is 0.576. The molecule has 0 aliphatic heterocycles. The Morgan fingerprint density at radius 1 is 1.29 bits per heavy atom. The average Bonchev–Trinajstić information content (AvgIpc) is 2.86. The third-order valence-corrected chi connectivity index (χ3v) is 2.35. The van der Waals surface area contributed by atoms with Gasteiger partial charge in [0, 0.05) is 18.4 Å². The van der Waals surface area contributed by atoms with Crippen LogP contribution < -0.4 is 5.73 Å². The van der Waals surface area contributed by atoms with E-state index < -0.39 is 0 Å². The number of benzene rings is 1. The molecule has 2 aromatic rings. The van der Waals surface area contributed by atoms with Gasteiger partial charge in [-0.25, -0.2) is 4.79 Å². The van der Waals surface area contributed by atoms with Crippen LogP contribution in [0.1, 0.15) is 10.4 Å². The molecule has 1 heterocycles. The number of ether oxygens (including phenoxy) is 1. The number of aromatic nitrogens is 1. The van der Waals surface area contributed by atoms with Crippen LogP contribution in [-0.2, 0) is 4.74 Å². The predicted octanol–water partition coefficient (Wildman–Crippen LogP) is 1.80. The molecular weight excluding hydrogens is 216 g/mol. The van der Waals surface area contributed by atoms with Gasteiger partial charge < -0.3 is 15.5 Å². The van der Waals surface area contributed by atoms with Crippen LogP contribution in [0.2, 0.25) is 0 Å². The lowest BCUT2D eigenvalue weighted by atomic mass is 10.1. The molecule has 0 aliphatic rings. The summed E-state index contributed by atoms with van der Waals surface area (Å²) in [6, 6.07) is 11.6. The molecule has 3 N–H and O–H groups in total. The van der Waals surface area contributed by atoms with Crippen LogP contribution in [0.3, 0.4) is 0 Å². The number of H-pyrrole nitrogens is 1. The van der Waals surface area contributed by atoms with Crippen molar-refractivity contribution in [3.05, 3.63) is 48.2 Å². The first kappa shape index (κ1) is 11.4. The standard InChI is InChI=1S/C13H14N2O2/c14-6-7-17-13(16)11-8-12(15-9-11)10-4-2-1-3-5-10/h1-5,8-9,15H,6-7,14H2. The topological polar surface area (TPSA) is 68.1 Å². The number of aromatic amines is 1. The normalized spacial score (nSPS) is 10.2. The number of nitrogens with two attached hydrogens (primary N) is 1. The van der Waals surface area contributed by atoms with E-state index in [0.717, 1.165) is 11.3 Å². The van der Waals surface area contributed by atoms with E-state index in [-0.39, 0.29) is 12.6 Å². The Hall–Kier alpha value is -2.07. The molecule has 88 valence electrons. The molecule has 0 aliphatic carbocycles. The van der Waals surface area contributed by atoms with E-state index in [1.165, 1.54) is 0 Å². The van der Waals surface area contributed by atoms with Crippen molar-refractivity contribution in [3.63, 3.8) is 0 Å². The molecule has 0 spiro atoms. The molecule has 2 rings (SSSR count). The second kappa shape index (κ2) is 5.32. The van der Waals surface area contributed by atoms with E-state index >= 15 is 0 Å². The Morgan fingerprint density at radius 3 is 2.76 bits per heavy atom. The lowest BCUT2D eigenvalue weighted by Crippen LogP contribution is -2.13. The Bertz CT molecular complexity index is 491. The first-order valence-corrected chi connectivity index (χ1v) is 5.42. The highest BCUT2D eigenvalue weighted by molar-refractivity contribution is 5.90. The molecule has 0 saturated heterocycles. The van der Waals surface area contributed by atoms with Gasteiger partial charge in [0.2, 0.25) is 0 Å². The van der Waals surface area contributed by atoms with E-state index in [1.54, 1.807) is 12.3 Å². The molecule has 0 amide bonds. The summed E-state index contributed by atoms with van der Waals surface area (Å²) < 4.78 is 4.94. The van der Waals surface area contributed by atoms with Crippen molar-refractivity contribution in [1.29, 1.82) is 0 Å². The fourth-order valence-corrected chi connectivity index (χ4v) is 1.53. The Kier molecular flexibility index (Phi) is 3.57. The first-order chi connectivity index (χ1) is 8.31. The smallest absolute Gasteiger partial charge is 0.339 e. The Morgan fingerprint density at radius 2 is 2.06 bits per heavy atom. The molecular formula is C13H14N2O2. The minimum atomic E-state index is -0.353. The highest BCUT2D eigenvalue weighted by atomic mass is 16.5. The minimum absolute atomic E-state index is 0.241. The van der Waals surface area contributed by atoms with Gasteiger partial charge in [-0.3, -0.25) is 0 Å². The van der Waals surface area contributed by atoms with E-state index in [2.05, 4.69) is 4.98 Å². The maximum Gasteiger partial charge on any atom is 0.339 e. The first-order valence-electron chi connectivity index (χ1n) is 5.42. The number of rotatable bonds is 4. The van der Waals surface area contributed by atoms with Gasteiger partial charge in [0.1, 0.15) is 6.61 Å². The van der Waals surface area contributed by atoms with Gasteiger partial charge in [0.25, 0.3) is 0 Å². The van der Waals surface area contributed by atoms with Gasteiger partial charge in [0.05, 0.1) is 5.56 Å². The third-order valence-electron chi connectivity index (χ3n) is 2.35. The zero-order chi connectivity index (χ0) is 12.1. The van der Waals surface area contributed by atoms with Gasteiger partial charge in [-0.1, -0.05) is 30.3 Å². The predicted molar refractivity (Wildman–Crippen MR) is 65.6 cm³/mol. The van der Waals surface area contributed by atoms with Crippen LogP contribution in [0.15, 0.2) is 42.6 Å². The summed E-state index contributed by atoms with van der Waals surface area (Å²) in [7, 11) is 0. The van der Waals surface area contributed by atoms with Crippen LogP contribution in [0.4, 0.5) is 0 Å².